The minimum absolute atomic E-state index is 0.368. The Morgan fingerprint density at radius 1 is 1.25 bits per heavy atom. The van der Waals surface area contributed by atoms with Crippen LogP contribution in [-0.4, -0.2) is 12.4 Å². The van der Waals surface area contributed by atoms with E-state index >= 15 is 0 Å². The van der Waals surface area contributed by atoms with Gasteiger partial charge in [0.25, 0.3) is 0 Å². The lowest BCUT2D eigenvalue weighted by atomic mass is 9.85. The normalized spacial score (nSPS) is 18.6. The molecule has 0 bridgehead atoms. The molecule has 0 radical (unpaired) electrons. The third-order valence-electron chi connectivity index (χ3n) is 4.45. The van der Waals surface area contributed by atoms with Gasteiger partial charge in [0.1, 0.15) is 11.5 Å². The summed E-state index contributed by atoms with van der Waals surface area (Å²) in [7, 11) is 0. The topological polar surface area (TPSA) is 26.3 Å². The van der Waals surface area contributed by atoms with Gasteiger partial charge in [-0.05, 0) is 23.6 Å². The number of ketones is 1. The van der Waals surface area contributed by atoms with Crippen molar-refractivity contribution in [3.63, 3.8) is 0 Å². The molecule has 1 aliphatic heterocycles. The minimum atomic E-state index is 0.368. The molecule has 0 spiro atoms. The fraction of sp³-hybridized carbons (Fsp3) is 0.588. The quantitative estimate of drug-likeness (QED) is 0.810. The summed E-state index contributed by atoms with van der Waals surface area (Å²) < 4.78 is 6.76. The molecule has 0 unspecified atom stereocenters. The molecular formula is C17H21BrO2. The van der Waals surface area contributed by atoms with Crippen molar-refractivity contribution in [3.8, 4) is 5.75 Å². The molecule has 1 aromatic rings. The number of halogens is 1. The van der Waals surface area contributed by atoms with Gasteiger partial charge < -0.3 is 4.74 Å². The lowest BCUT2D eigenvalue weighted by Gasteiger charge is -2.20. The van der Waals surface area contributed by atoms with E-state index in [0.29, 0.717) is 18.1 Å². The monoisotopic (exact) mass is 336 g/mol. The molecular weight excluding hydrogens is 316 g/mol. The maximum atomic E-state index is 12.3. The van der Waals surface area contributed by atoms with Gasteiger partial charge in [-0.1, -0.05) is 48.0 Å². The van der Waals surface area contributed by atoms with Crippen molar-refractivity contribution in [3.05, 3.63) is 27.7 Å². The van der Waals surface area contributed by atoms with E-state index in [0.717, 1.165) is 35.2 Å². The van der Waals surface area contributed by atoms with Crippen molar-refractivity contribution >= 4 is 21.7 Å². The first-order valence-electron chi connectivity index (χ1n) is 7.68. The van der Waals surface area contributed by atoms with E-state index in [1.165, 1.54) is 37.7 Å². The molecule has 3 heteroatoms. The van der Waals surface area contributed by atoms with Gasteiger partial charge in [-0.15, -0.1) is 0 Å². The molecule has 3 rings (SSSR count). The standard InChI is InChI=1S/C17H21BrO2/c18-15-9-13-6-7-20-17(13)14(10-15)11-16(19)8-12-4-2-1-3-5-12/h9-10,12H,1-8,11H2. The second kappa shape index (κ2) is 6.30. The highest BCUT2D eigenvalue weighted by Crippen LogP contribution is 2.34. The molecule has 1 heterocycles. The predicted octanol–water partition coefficient (Wildman–Crippen LogP) is 4.47. The maximum Gasteiger partial charge on any atom is 0.137 e. The van der Waals surface area contributed by atoms with Gasteiger partial charge in [0, 0.05) is 29.3 Å². The highest BCUT2D eigenvalue weighted by Gasteiger charge is 2.21. The van der Waals surface area contributed by atoms with Crippen molar-refractivity contribution in [2.45, 2.75) is 51.4 Å². The van der Waals surface area contributed by atoms with Crippen molar-refractivity contribution < 1.29 is 9.53 Å². The van der Waals surface area contributed by atoms with Crippen LogP contribution in [0.1, 0.15) is 49.7 Å². The van der Waals surface area contributed by atoms with Gasteiger partial charge in [-0.3, -0.25) is 4.79 Å². The van der Waals surface area contributed by atoms with E-state index < -0.39 is 0 Å². The first-order valence-corrected chi connectivity index (χ1v) is 8.47. The van der Waals surface area contributed by atoms with Gasteiger partial charge in [0.15, 0.2) is 0 Å². The van der Waals surface area contributed by atoms with Crippen LogP contribution in [0.25, 0.3) is 0 Å². The summed E-state index contributed by atoms with van der Waals surface area (Å²) in [6, 6.07) is 4.15. The average molecular weight is 337 g/mol. The Morgan fingerprint density at radius 2 is 2.05 bits per heavy atom. The van der Waals surface area contributed by atoms with E-state index in [1.807, 2.05) is 6.07 Å². The van der Waals surface area contributed by atoms with Crippen LogP contribution in [0.2, 0.25) is 0 Å². The first kappa shape index (κ1) is 14.1. The maximum absolute atomic E-state index is 12.3. The lowest BCUT2D eigenvalue weighted by molar-refractivity contribution is -0.119. The Kier molecular flexibility index (Phi) is 4.45. The van der Waals surface area contributed by atoms with Gasteiger partial charge in [0.2, 0.25) is 0 Å². The third kappa shape index (κ3) is 3.25. The van der Waals surface area contributed by atoms with Gasteiger partial charge >= 0.3 is 0 Å². The molecule has 20 heavy (non-hydrogen) atoms. The van der Waals surface area contributed by atoms with Crippen LogP contribution in [-0.2, 0) is 17.6 Å². The van der Waals surface area contributed by atoms with Gasteiger partial charge in [0.05, 0.1) is 6.61 Å². The minimum Gasteiger partial charge on any atom is -0.493 e. The Morgan fingerprint density at radius 3 is 2.85 bits per heavy atom. The summed E-state index contributed by atoms with van der Waals surface area (Å²) in [6.45, 7) is 0.746. The Bertz CT molecular complexity index is 504. The molecule has 0 amide bonds. The summed E-state index contributed by atoms with van der Waals surface area (Å²) >= 11 is 3.54. The number of ether oxygens (including phenoxy) is 1. The predicted molar refractivity (Wildman–Crippen MR) is 83.2 cm³/mol. The van der Waals surface area contributed by atoms with Crippen LogP contribution < -0.4 is 4.74 Å². The second-order valence-corrected chi connectivity index (χ2v) is 6.99. The van der Waals surface area contributed by atoms with E-state index in [1.54, 1.807) is 0 Å². The Hall–Kier alpha value is -0.830. The molecule has 1 aromatic carbocycles. The molecule has 0 N–H and O–H groups in total. The summed E-state index contributed by atoms with van der Waals surface area (Å²) in [5, 5.41) is 0. The van der Waals surface area contributed by atoms with Crippen LogP contribution in [0.4, 0.5) is 0 Å². The first-order chi connectivity index (χ1) is 9.72. The zero-order valence-electron chi connectivity index (χ0n) is 11.8. The second-order valence-electron chi connectivity index (χ2n) is 6.08. The Balaban J connectivity index is 1.66. The molecule has 108 valence electrons. The summed E-state index contributed by atoms with van der Waals surface area (Å²) in [5.41, 5.74) is 2.30. The molecule has 1 aliphatic carbocycles. The summed E-state index contributed by atoms with van der Waals surface area (Å²) in [4.78, 5) is 12.3. The fourth-order valence-electron chi connectivity index (χ4n) is 3.48. The van der Waals surface area contributed by atoms with Crippen molar-refractivity contribution in [1.29, 1.82) is 0 Å². The number of carbonyl (C=O) groups excluding carboxylic acids is 1. The van der Waals surface area contributed by atoms with Crippen molar-refractivity contribution in [2.24, 2.45) is 5.92 Å². The summed E-state index contributed by atoms with van der Waals surface area (Å²) in [5.74, 6) is 1.95. The summed E-state index contributed by atoms with van der Waals surface area (Å²) in [6.07, 6.45) is 8.65. The third-order valence-corrected chi connectivity index (χ3v) is 4.91. The highest BCUT2D eigenvalue weighted by molar-refractivity contribution is 9.10. The molecule has 0 atom stereocenters. The number of hydrogen-bond donors (Lipinski definition) is 0. The SMILES string of the molecule is O=C(Cc1cc(Br)cc2c1OCC2)CC1CCCCC1. The number of carbonyl (C=O) groups is 1. The van der Waals surface area contributed by atoms with E-state index in [4.69, 9.17) is 4.74 Å². The van der Waals surface area contributed by atoms with E-state index in [2.05, 4.69) is 22.0 Å². The van der Waals surface area contributed by atoms with Crippen LogP contribution >= 0.6 is 15.9 Å². The number of hydrogen-bond acceptors (Lipinski definition) is 2. The number of Topliss-reactive ketones (excluding diaryl/α,β-unsaturated/α-hetero) is 1. The molecule has 2 aliphatic rings. The largest absolute Gasteiger partial charge is 0.493 e. The van der Waals surface area contributed by atoms with E-state index in [-0.39, 0.29) is 0 Å². The molecule has 1 fully saturated rings. The van der Waals surface area contributed by atoms with Crippen molar-refractivity contribution in [1.82, 2.24) is 0 Å². The van der Waals surface area contributed by atoms with Crippen LogP contribution in [0.3, 0.4) is 0 Å². The Labute approximate surface area is 129 Å². The van der Waals surface area contributed by atoms with Gasteiger partial charge in [-0.2, -0.15) is 0 Å². The number of benzene rings is 1. The molecule has 0 saturated heterocycles. The smallest absolute Gasteiger partial charge is 0.137 e. The van der Waals surface area contributed by atoms with Crippen LogP contribution in [0.5, 0.6) is 5.75 Å². The van der Waals surface area contributed by atoms with Crippen LogP contribution in [0.15, 0.2) is 16.6 Å². The molecule has 1 saturated carbocycles. The fourth-order valence-corrected chi connectivity index (χ4v) is 4.03. The highest BCUT2D eigenvalue weighted by atomic mass is 79.9. The molecule has 0 aromatic heterocycles. The number of rotatable bonds is 4. The zero-order valence-corrected chi connectivity index (χ0v) is 13.4. The average Bonchev–Trinajstić information content (AvgIpc) is 2.88. The zero-order chi connectivity index (χ0) is 13.9. The lowest BCUT2D eigenvalue weighted by Crippen LogP contribution is -2.14. The molecule has 2 nitrogen and oxygen atoms in total. The van der Waals surface area contributed by atoms with Crippen molar-refractivity contribution in [2.75, 3.05) is 6.61 Å². The number of fused-ring (bicyclic) bond motifs is 1. The van der Waals surface area contributed by atoms with Crippen LogP contribution in [0, 0.1) is 5.92 Å². The van der Waals surface area contributed by atoms with E-state index in [9.17, 15) is 4.79 Å². The van der Waals surface area contributed by atoms with Gasteiger partial charge in [-0.25, -0.2) is 0 Å².